The standard InChI is InChI=1S/C16H17NO2/c1-2-4-12-7-9-14(10-8-12)17-11-13-5-3-6-15(18)16(13)19/h3,5-11,18-19H,2,4H2,1H3. The van der Waals surface area contributed by atoms with Crippen LogP contribution in [-0.4, -0.2) is 16.4 Å². The van der Waals surface area contributed by atoms with Gasteiger partial charge in [-0.2, -0.15) is 0 Å². The van der Waals surface area contributed by atoms with Crippen molar-refractivity contribution in [2.24, 2.45) is 4.99 Å². The van der Waals surface area contributed by atoms with Crippen molar-refractivity contribution >= 4 is 11.9 Å². The quantitative estimate of drug-likeness (QED) is 0.645. The third kappa shape index (κ3) is 3.35. The molecule has 0 aliphatic heterocycles. The van der Waals surface area contributed by atoms with Crippen LogP contribution in [0.2, 0.25) is 0 Å². The topological polar surface area (TPSA) is 52.8 Å². The van der Waals surface area contributed by atoms with Gasteiger partial charge in [-0.3, -0.25) is 4.99 Å². The van der Waals surface area contributed by atoms with E-state index in [-0.39, 0.29) is 11.5 Å². The van der Waals surface area contributed by atoms with E-state index in [1.54, 1.807) is 18.3 Å². The predicted molar refractivity (Wildman–Crippen MR) is 77.5 cm³/mol. The number of aliphatic imine (C=N–C) groups is 1. The van der Waals surface area contributed by atoms with Crippen molar-refractivity contribution in [2.45, 2.75) is 19.8 Å². The molecule has 0 spiro atoms. The summed E-state index contributed by atoms with van der Waals surface area (Å²) >= 11 is 0. The molecule has 0 aromatic heterocycles. The van der Waals surface area contributed by atoms with Crippen molar-refractivity contribution in [3.8, 4) is 11.5 Å². The van der Waals surface area contributed by atoms with Crippen LogP contribution in [0.25, 0.3) is 0 Å². The number of aryl methyl sites for hydroxylation is 1. The molecule has 0 fully saturated rings. The number of nitrogens with zero attached hydrogens (tertiary/aromatic N) is 1. The smallest absolute Gasteiger partial charge is 0.166 e. The Kier molecular flexibility index (Phi) is 4.18. The van der Waals surface area contributed by atoms with E-state index in [1.165, 1.54) is 11.6 Å². The zero-order valence-corrected chi connectivity index (χ0v) is 10.9. The lowest BCUT2D eigenvalue weighted by Crippen LogP contribution is -1.83. The Morgan fingerprint density at radius 1 is 1.05 bits per heavy atom. The molecular formula is C16H17NO2. The Morgan fingerprint density at radius 3 is 2.47 bits per heavy atom. The maximum Gasteiger partial charge on any atom is 0.166 e. The van der Waals surface area contributed by atoms with Crippen molar-refractivity contribution in [1.29, 1.82) is 0 Å². The predicted octanol–water partition coefficient (Wildman–Crippen LogP) is 3.80. The zero-order valence-electron chi connectivity index (χ0n) is 10.9. The minimum Gasteiger partial charge on any atom is -0.504 e. The van der Waals surface area contributed by atoms with Crippen molar-refractivity contribution in [1.82, 2.24) is 0 Å². The lowest BCUT2D eigenvalue weighted by atomic mass is 10.1. The molecule has 3 nitrogen and oxygen atoms in total. The first kappa shape index (κ1) is 13.1. The van der Waals surface area contributed by atoms with Gasteiger partial charge in [0.1, 0.15) is 0 Å². The van der Waals surface area contributed by atoms with Crippen molar-refractivity contribution in [2.75, 3.05) is 0 Å². The largest absolute Gasteiger partial charge is 0.504 e. The van der Waals surface area contributed by atoms with Gasteiger partial charge in [0.05, 0.1) is 5.69 Å². The van der Waals surface area contributed by atoms with Gasteiger partial charge in [-0.25, -0.2) is 0 Å². The number of benzene rings is 2. The van der Waals surface area contributed by atoms with E-state index in [0.29, 0.717) is 5.56 Å². The molecule has 0 bridgehead atoms. The highest BCUT2D eigenvalue weighted by atomic mass is 16.3. The molecule has 0 saturated carbocycles. The molecular weight excluding hydrogens is 238 g/mol. The van der Waals surface area contributed by atoms with Crippen LogP contribution in [0.3, 0.4) is 0 Å². The monoisotopic (exact) mass is 255 g/mol. The summed E-state index contributed by atoms with van der Waals surface area (Å²) in [6, 6.07) is 12.8. The van der Waals surface area contributed by atoms with E-state index in [9.17, 15) is 10.2 Å². The molecule has 19 heavy (non-hydrogen) atoms. The van der Waals surface area contributed by atoms with E-state index < -0.39 is 0 Å². The van der Waals surface area contributed by atoms with Crippen LogP contribution in [0.1, 0.15) is 24.5 Å². The zero-order chi connectivity index (χ0) is 13.7. The first-order valence-corrected chi connectivity index (χ1v) is 6.34. The molecule has 0 atom stereocenters. The Morgan fingerprint density at radius 2 is 1.79 bits per heavy atom. The number of phenolic OH excluding ortho intramolecular Hbond substituents is 2. The van der Waals surface area contributed by atoms with Crippen molar-refractivity contribution in [3.05, 3.63) is 53.6 Å². The lowest BCUT2D eigenvalue weighted by molar-refractivity contribution is 0.403. The summed E-state index contributed by atoms with van der Waals surface area (Å²) in [7, 11) is 0. The van der Waals surface area contributed by atoms with E-state index >= 15 is 0 Å². The van der Waals surface area contributed by atoms with Gasteiger partial charge in [0, 0.05) is 11.8 Å². The average Bonchev–Trinajstić information content (AvgIpc) is 2.42. The van der Waals surface area contributed by atoms with Crippen LogP contribution in [0, 0.1) is 0 Å². The summed E-state index contributed by atoms with van der Waals surface area (Å²) in [5.41, 5.74) is 2.61. The third-order valence-electron chi connectivity index (χ3n) is 2.87. The van der Waals surface area contributed by atoms with Gasteiger partial charge in [0.15, 0.2) is 11.5 Å². The highest BCUT2D eigenvalue weighted by Crippen LogP contribution is 2.27. The van der Waals surface area contributed by atoms with Gasteiger partial charge < -0.3 is 10.2 Å². The first-order chi connectivity index (χ1) is 9.20. The second kappa shape index (κ2) is 6.05. The number of phenols is 2. The molecule has 2 aromatic rings. The third-order valence-corrected chi connectivity index (χ3v) is 2.87. The second-order valence-corrected chi connectivity index (χ2v) is 4.39. The van der Waals surface area contributed by atoms with Gasteiger partial charge in [-0.15, -0.1) is 0 Å². The Hall–Kier alpha value is -2.29. The van der Waals surface area contributed by atoms with Gasteiger partial charge in [0.2, 0.25) is 0 Å². The highest BCUT2D eigenvalue weighted by molar-refractivity contribution is 5.86. The lowest BCUT2D eigenvalue weighted by Gasteiger charge is -2.01. The fraction of sp³-hybridized carbons (Fsp3) is 0.188. The van der Waals surface area contributed by atoms with Crippen LogP contribution in [0.15, 0.2) is 47.5 Å². The SMILES string of the molecule is CCCc1ccc(N=Cc2cccc(O)c2O)cc1. The van der Waals surface area contributed by atoms with E-state index in [0.717, 1.165) is 18.5 Å². The molecule has 0 radical (unpaired) electrons. The molecule has 0 aliphatic rings. The maximum atomic E-state index is 9.65. The highest BCUT2D eigenvalue weighted by Gasteiger charge is 2.02. The Balaban J connectivity index is 2.16. The van der Waals surface area contributed by atoms with Crippen LogP contribution in [0.5, 0.6) is 11.5 Å². The van der Waals surface area contributed by atoms with Crippen molar-refractivity contribution < 1.29 is 10.2 Å². The fourth-order valence-electron chi connectivity index (χ4n) is 1.83. The van der Waals surface area contributed by atoms with Gasteiger partial charge in [-0.1, -0.05) is 31.5 Å². The molecule has 98 valence electrons. The summed E-state index contributed by atoms with van der Waals surface area (Å²) in [6.45, 7) is 2.15. The summed E-state index contributed by atoms with van der Waals surface area (Å²) in [5, 5.41) is 19.0. The summed E-state index contributed by atoms with van der Waals surface area (Å²) in [5.74, 6) is -0.281. The van der Waals surface area contributed by atoms with Crippen molar-refractivity contribution in [3.63, 3.8) is 0 Å². The minimum absolute atomic E-state index is 0.137. The molecule has 3 heteroatoms. The molecule has 0 heterocycles. The van der Waals surface area contributed by atoms with E-state index in [2.05, 4.69) is 24.0 Å². The second-order valence-electron chi connectivity index (χ2n) is 4.39. The number of rotatable bonds is 4. The number of hydrogen-bond acceptors (Lipinski definition) is 3. The minimum atomic E-state index is -0.145. The average molecular weight is 255 g/mol. The summed E-state index contributed by atoms with van der Waals surface area (Å²) in [6.07, 6.45) is 3.74. The number of hydrogen-bond donors (Lipinski definition) is 2. The Bertz CT molecular complexity index is 574. The molecule has 2 N–H and O–H groups in total. The van der Waals surface area contributed by atoms with Gasteiger partial charge in [-0.05, 0) is 36.2 Å². The first-order valence-electron chi connectivity index (χ1n) is 6.34. The maximum absolute atomic E-state index is 9.65. The van der Waals surface area contributed by atoms with Crippen LogP contribution in [-0.2, 0) is 6.42 Å². The van der Waals surface area contributed by atoms with Gasteiger partial charge >= 0.3 is 0 Å². The van der Waals surface area contributed by atoms with Crippen LogP contribution >= 0.6 is 0 Å². The molecule has 2 rings (SSSR count). The summed E-state index contributed by atoms with van der Waals surface area (Å²) in [4.78, 5) is 4.28. The van der Waals surface area contributed by atoms with Crippen LogP contribution in [0.4, 0.5) is 5.69 Å². The molecule has 2 aromatic carbocycles. The fourth-order valence-corrected chi connectivity index (χ4v) is 1.83. The Labute approximate surface area is 112 Å². The molecule has 0 unspecified atom stereocenters. The number of aromatic hydroxyl groups is 2. The summed E-state index contributed by atoms with van der Waals surface area (Å²) < 4.78 is 0. The molecule has 0 aliphatic carbocycles. The van der Waals surface area contributed by atoms with E-state index in [4.69, 9.17) is 0 Å². The van der Waals surface area contributed by atoms with Crippen LogP contribution < -0.4 is 0 Å². The molecule has 0 saturated heterocycles. The normalized spacial score (nSPS) is 11.0. The van der Waals surface area contributed by atoms with Gasteiger partial charge in [0.25, 0.3) is 0 Å². The van der Waals surface area contributed by atoms with E-state index in [1.807, 2.05) is 12.1 Å². The number of para-hydroxylation sites is 1. The molecule has 0 amide bonds.